The first-order chi connectivity index (χ1) is 15.6. The van der Waals surface area contributed by atoms with Crippen molar-refractivity contribution in [1.29, 1.82) is 0 Å². The number of para-hydroxylation sites is 1. The Morgan fingerprint density at radius 2 is 1.84 bits per heavy atom. The zero-order chi connectivity index (χ0) is 22.5. The summed E-state index contributed by atoms with van der Waals surface area (Å²) in [5, 5.41) is 7.45. The van der Waals surface area contributed by atoms with E-state index in [-0.39, 0.29) is 6.04 Å². The smallest absolute Gasteiger partial charge is 0.313 e. The summed E-state index contributed by atoms with van der Waals surface area (Å²) in [5.41, 5.74) is 2.92. The van der Waals surface area contributed by atoms with E-state index in [1.54, 1.807) is 29.5 Å². The number of carbonyl (C=O) groups excluding carboxylic acids is 2. The Morgan fingerprint density at radius 3 is 2.59 bits per heavy atom. The van der Waals surface area contributed by atoms with Crippen LogP contribution in [0.25, 0.3) is 0 Å². The van der Waals surface area contributed by atoms with Crippen molar-refractivity contribution in [3.05, 3.63) is 70.4 Å². The Bertz CT molecular complexity index is 1100. The maximum Gasteiger partial charge on any atom is 0.313 e. The van der Waals surface area contributed by atoms with Gasteiger partial charge in [0.05, 0.1) is 20.3 Å². The lowest BCUT2D eigenvalue weighted by Gasteiger charge is -2.30. The van der Waals surface area contributed by atoms with Crippen molar-refractivity contribution in [1.82, 2.24) is 5.32 Å². The molecule has 166 valence electrons. The van der Waals surface area contributed by atoms with Gasteiger partial charge in [-0.25, -0.2) is 0 Å². The normalized spacial score (nSPS) is 13.2. The van der Waals surface area contributed by atoms with Crippen molar-refractivity contribution in [2.75, 3.05) is 37.5 Å². The molecule has 1 aliphatic rings. The minimum atomic E-state index is -0.732. The quantitative estimate of drug-likeness (QED) is 0.537. The van der Waals surface area contributed by atoms with Crippen LogP contribution in [0.5, 0.6) is 11.5 Å². The van der Waals surface area contributed by atoms with Crippen LogP contribution in [0.3, 0.4) is 0 Å². The van der Waals surface area contributed by atoms with Gasteiger partial charge in [0, 0.05) is 35.4 Å². The second kappa shape index (κ2) is 9.74. The molecule has 0 spiro atoms. The minimum absolute atomic E-state index is 0.0449. The summed E-state index contributed by atoms with van der Waals surface area (Å²) in [4.78, 5) is 28.5. The van der Waals surface area contributed by atoms with E-state index in [4.69, 9.17) is 9.47 Å². The number of rotatable bonds is 7. The Morgan fingerprint density at radius 1 is 1.03 bits per heavy atom. The van der Waals surface area contributed by atoms with Gasteiger partial charge in [-0.1, -0.05) is 24.3 Å². The third kappa shape index (κ3) is 4.55. The first-order valence-corrected chi connectivity index (χ1v) is 11.2. The molecule has 0 saturated heterocycles. The molecule has 0 saturated carbocycles. The number of nitrogens with one attached hydrogen (secondary N) is 2. The van der Waals surface area contributed by atoms with Gasteiger partial charge in [0.15, 0.2) is 11.5 Å². The van der Waals surface area contributed by atoms with Crippen LogP contribution in [-0.2, 0) is 16.0 Å². The van der Waals surface area contributed by atoms with Crippen LogP contribution in [-0.4, -0.2) is 39.1 Å². The summed E-state index contributed by atoms with van der Waals surface area (Å²) < 4.78 is 10.4. The molecule has 2 N–H and O–H groups in total. The second-order valence-corrected chi connectivity index (χ2v) is 8.32. The van der Waals surface area contributed by atoms with Crippen molar-refractivity contribution in [2.45, 2.75) is 12.5 Å². The van der Waals surface area contributed by atoms with Gasteiger partial charge in [-0.3, -0.25) is 9.59 Å². The number of thiophene rings is 1. The average molecular weight is 452 g/mol. The molecule has 0 radical (unpaired) electrons. The summed E-state index contributed by atoms with van der Waals surface area (Å²) in [5.74, 6) is -0.409. The third-order valence-corrected chi connectivity index (χ3v) is 6.45. The summed E-state index contributed by atoms with van der Waals surface area (Å²) in [6.07, 6.45) is 0.964. The Balaban J connectivity index is 1.43. The van der Waals surface area contributed by atoms with E-state index in [2.05, 4.69) is 33.7 Å². The molecule has 4 rings (SSSR count). The highest BCUT2D eigenvalue weighted by molar-refractivity contribution is 7.10. The number of hydrogen-bond donors (Lipinski definition) is 2. The lowest BCUT2D eigenvalue weighted by Crippen LogP contribution is -2.41. The summed E-state index contributed by atoms with van der Waals surface area (Å²) in [6.45, 7) is 1.20. The molecule has 8 heteroatoms. The largest absolute Gasteiger partial charge is 0.493 e. The van der Waals surface area contributed by atoms with E-state index < -0.39 is 11.8 Å². The monoisotopic (exact) mass is 451 g/mol. The first kappa shape index (κ1) is 21.7. The second-order valence-electron chi connectivity index (χ2n) is 7.34. The lowest BCUT2D eigenvalue weighted by atomic mass is 10.1. The van der Waals surface area contributed by atoms with Crippen LogP contribution >= 0.6 is 11.3 Å². The summed E-state index contributed by atoms with van der Waals surface area (Å²) in [7, 11) is 3.05. The van der Waals surface area contributed by atoms with Crippen LogP contribution < -0.4 is 25.0 Å². The third-order valence-electron chi connectivity index (χ3n) is 5.47. The van der Waals surface area contributed by atoms with Crippen molar-refractivity contribution in [3.8, 4) is 11.5 Å². The van der Waals surface area contributed by atoms with Crippen LogP contribution in [0.2, 0.25) is 0 Å². The number of nitrogens with zero attached hydrogens (tertiary/aromatic N) is 1. The van der Waals surface area contributed by atoms with E-state index in [1.165, 1.54) is 25.5 Å². The van der Waals surface area contributed by atoms with E-state index in [0.29, 0.717) is 23.7 Å². The molecule has 2 aromatic carbocycles. The number of ether oxygens (including phenoxy) is 2. The zero-order valence-corrected chi connectivity index (χ0v) is 18.8. The molecule has 1 unspecified atom stereocenters. The maximum atomic E-state index is 12.6. The van der Waals surface area contributed by atoms with Crippen LogP contribution in [0.4, 0.5) is 11.4 Å². The first-order valence-electron chi connectivity index (χ1n) is 10.3. The number of hydrogen-bond acceptors (Lipinski definition) is 6. The van der Waals surface area contributed by atoms with E-state index in [0.717, 1.165) is 17.8 Å². The number of anilines is 2. The molecule has 7 nitrogen and oxygen atoms in total. The molecule has 0 bridgehead atoms. The molecule has 32 heavy (non-hydrogen) atoms. The fourth-order valence-corrected chi connectivity index (χ4v) is 4.74. The molecule has 2 heterocycles. The molecule has 1 aromatic heterocycles. The van der Waals surface area contributed by atoms with Crippen LogP contribution in [0, 0.1) is 0 Å². The Hall–Kier alpha value is -3.52. The molecule has 0 fully saturated rings. The topological polar surface area (TPSA) is 79.9 Å². The van der Waals surface area contributed by atoms with Gasteiger partial charge in [-0.15, -0.1) is 11.3 Å². The number of benzene rings is 2. The van der Waals surface area contributed by atoms with Gasteiger partial charge in [0.1, 0.15) is 0 Å². The highest BCUT2D eigenvalue weighted by Crippen LogP contribution is 2.36. The molecular formula is C24H25N3O4S. The minimum Gasteiger partial charge on any atom is -0.493 e. The number of methoxy groups -OCH3 is 2. The summed E-state index contributed by atoms with van der Waals surface area (Å²) in [6, 6.07) is 17.3. The van der Waals surface area contributed by atoms with Gasteiger partial charge in [-0.05, 0) is 41.6 Å². The van der Waals surface area contributed by atoms with Gasteiger partial charge < -0.3 is 25.0 Å². The molecule has 1 aliphatic heterocycles. The summed E-state index contributed by atoms with van der Waals surface area (Å²) >= 11 is 1.64. The van der Waals surface area contributed by atoms with E-state index in [9.17, 15) is 9.59 Å². The van der Waals surface area contributed by atoms with E-state index >= 15 is 0 Å². The highest BCUT2D eigenvalue weighted by atomic mass is 32.1. The standard InChI is InChI=1S/C24H25N3O4S/c1-30-20-10-9-17(14-21(20)31-2)26-24(29)23(28)25-15-19(22-8-5-13-32-22)27-12-11-16-6-3-4-7-18(16)27/h3-10,13-14,19H,11-12,15H2,1-2H3,(H,25,28)(H,26,29). The number of carbonyl (C=O) groups is 2. The van der Waals surface area contributed by atoms with E-state index in [1.807, 2.05) is 23.6 Å². The van der Waals surface area contributed by atoms with Crippen molar-refractivity contribution >= 4 is 34.5 Å². The van der Waals surface area contributed by atoms with Gasteiger partial charge >= 0.3 is 11.8 Å². The van der Waals surface area contributed by atoms with Gasteiger partial charge in [0.2, 0.25) is 0 Å². The Labute approximate surface area is 191 Å². The maximum absolute atomic E-state index is 12.6. The predicted molar refractivity (Wildman–Crippen MR) is 126 cm³/mol. The average Bonchev–Trinajstić information content (AvgIpc) is 3.50. The Kier molecular flexibility index (Phi) is 6.61. The van der Waals surface area contributed by atoms with Crippen molar-refractivity contribution < 1.29 is 19.1 Å². The molecule has 0 aliphatic carbocycles. The molecule has 2 amide bonds. The number of fused-ring (bicyclic) bond motifs is 1. The van der Waals surface area contributed by atoms with Gasteiger partial charge in [-0.2, -0.15) is 0 Å². The van der Waals surface area contributed by atoms with Crippen LogP contribution in [0.1, 0.15) is 16.5 Å². The number of amides is 2. The molecular weight excluding hydrogens is 426 g/mol. The fourth-order valence-electron chi connectivity index (χ4n) is 3.90. The van der Waals surface area contributed by atoms with Crippen LogP contribution in [0.15, 0.2) is 60.0 Å². The fraction of sp³-hybridized carbons (Fsp3) is 0.250. The lowest BCUT2D eigenvalue weighted by molar-refractivity contribution is -0.136. The van der Waals surface area contributed by atoms with Gasteiger partial charge in [0.25, 0.3) is 0 Å². The molecule has 1 atom stereocenters. The molecule has 3 aromatic rings. The predicted octanol–water partition coefficient (Wildman–Crippen LogP) is 3.62. The zero-order valence-electron chi connectivity index (χ0n) is 18.0. The van der Waals surface area contributed by atoms with Crippen molar-refractivity contribution in [3.63, 3.8) is 0 Å². The van der Waals surface area contributed by atoms with Crippen molar-refractivity contribution in [2.24, 2.45) is 0 Å². The SMILES string of the molecule is COc1ccc(NC(=O)C(=O)NCC(c2cccs2)N2CCc3ccccc32)cc1OC. The highest BCUT2D eigenvalue weighted by Gasteiger charge is 2.28.